The number of alkyl halides is 3. The Kier molecular flexibility index (Phi) is 8.20. The molecule has 0 spiro atoms. The van der Waals surface area contributed by atoms with E-state index < -0.39 is 30.2 Å². The van der Waals surface area contributed by atoms with Crippen molar-refractivity contribution in [2.75, 3.05) is 25.2 Å². The summed E-state index contributed by atoms with van der Waals surface area (Å²) in [6.07, 6.45) is -2.35. The van der Waals surface area contributed by atoms with Gasteiger partial charge >= 0.3 is 12.1 Å². The summed E-state index contributed by atoms with van der Waals surface area (Å²) in [5.74, 6) is -1.07. The third kappa shape index (κ3) is 6.89. The number of hydrogen-bond acceptors (Lipinski definition) is 5. The molecule has 2 aromatic rings. The number of para-hydroxylation sites is 2. The highest BCUT2D eigenvalue weighted by Crippen LogP contribution is 2.30. The fourth-order valence-electron chi connectivity index (χ4n) is 2.64. The van der Waals surface area contributed by atoms with Crippen molar-refractivity contribution < 1.29 is 32.2 Å². The number of amides is 1. The van der Waals surface area contributed by atoms with Crippen LogP contribution in [0, 0.1) is 11.3 Å². The van der Waals surface area contributed by atoms with Crippen LogP contribution in [0.15, 0.2) is 54.6 Å². The van der Waals surface area contributed by atoms with Crippen LogP contribution in [0.25, 0.3) is 6.08 Å². The van der Waals surface area contributed by atoms with Crippen molar-refractivity contribution in [2.45, 2.75) is 12.6 Å². The number of nitrogens with zero attached hydrogens (tertiary/aromatic N) is 2. The lowest BCUT2D eigenvalue weighted by molar-refractivity contribution is -0.142. The highest BCUT2D eigenvalue weighted by atomic mass is 19.4. The molecule has 1 amide bonds. The van der Waals surface area contributed by atoms with Crippen molar-refractivity contribution in [1.29, 1.82) is 5.26 Å². The zero-order chi connectivity index (χ0) is 22.9. The lowest BCUT2D eigenvalue weighted by Crippen LogP contribution is -2.35. The first-order valence-corrected chi connectivity index (χ1v) is 9.08. The Morgan fingerprint density at radius 2 is 1.90 bits per heavy atom. The number of halogens is 3. The molecule has 0 radical (unpaired) electrons. The van der Waals surface area contributed by atoms with Gasteiger partial charge in [0, 0.05) is 12.6 Å². The van der Waals surface area contributed by atoms with Crippen LogP contribution in [0.5, 0.6) is 5.75 Å². The number of hydrogen-bond donors (Lipinski definition) is 0. The average molecular weight is 432 g/mol. The van der Waals surface area contributed by atoms with E-state index in [4.69, 9.17) is 14.7 Å². The van der Waals surface area contributed by atoms with Gasteiger partial charge in [0.25, 0.3) is 5.91 Å². The van der Waals surface area contributed by atoms with Gasteiger partial charge in [-0.1, -0.05) is 24.3 Å². The summed E-state index contributed by atoms with van der Waals surface area (Å²) in [6, 6.07) is 13.0. The Morgan fingerprint density at radius 3 is 2.58 bits per heavy atom. The molecule has 9 heteroatoms. The second kappa shape index (κ2) is 10.8. The quantitative estimate of drug-likeness (QED) is 0.461. The minimum absolute atomic E-state index is 0.0488. The molecule has 162 valence electrons. The smallest absolute Gasteiger partial charge is 0.416 e. The van der Waals surface area contributed by atoms with Gasteiger partial charge in [-0.3, -0.25) is 4.79 Å². The van der Waals surface area contributed by atoms with Crippen LogP contribution in [0.4, 0.5) is 18.9 Å². The van der Waals surface area contributed by atoms with Crippen molar-refractivity contribution in [2.24, 2.45) is 0 Å². The molecule has 6 nitrogen and oxygen atoms in total. The molecule has 0 aliphatic rings. The summed E-state index contributed by atoms with van der Waals surface area (Å²) < 4.78 is 48.4. The molecular weight excluding hydrogens is 413 g/mol. The Hall–Kier alpha value is -3.80. The fourth-order valence-corrected chi connectivity index (χ4v) is 2.64. The molecule has 2 aromatic carbocycles. The summed E-state index contributed by atoms with van der Waals surface area (Å²) in [5.41, 5.74) is -0.272. The van der Waals surface area contributed by atoms with Crippen LogP contribution in [-0.4, -0.2) is 32.1 Å². The van der Waals surface area contributed by atoms with Crippen LogP contribution in [0.1, 0.15) is 17.5 Å². The average Bonchev–Trinajstić information content (AvgIpc) is 2.76. The van der Waals surface area contributed by atoms with Crippen LogP contribution in [-0.2, 0) is 20.5 Å². The molecular formula is C22H19F3N2O4. The minimum atomic E-state index is -4.50. The first-order chi connectivity index (χ1) is 14.8. The Labute approximate surface area is 177 Å². The van der Waals surface area contributed by atoms with Crippen LogP contribution in [0.2, 0.25) is 0 Å². The molecule has 0 fully saturated rings. The number of methoxy groups -OCH3 is 1. The standard InChI is InChI=1S/C22H19F3N2O4/c1-30-19-9-3-2-8-18(19)27(13-5-12-26)20(28)15-31-21(29)11-10-16-6-4-7-17(14-16)22(23,24)25/h2-4,6-11,14H,5,13,15H2,1H3/b11-10+. The first kappa shape index (κ1) is 23.5. The minimum Gasteiger partial charge on any atom is -0.495 e. The molecule has 0 unspecified atom stereocenters. The number of ether oxygens (including phenoxy) is 2. The maximum absolute atomic E-state index is 12.7. The zero-order valence-corrected chi connectivity index (χ0v) is 16.6. The van der Waals surface area contributed by atoms with E-state index in [9.17, 15) is 22.8 Å². The second-order valence-corrected chi connectivity index (χ2v) is 6.19. The van der Waals surface area contributed by atoms with Crippen molar-refractivity contribution in [3.63, 3.8) is 0 Å². The first-order valence-electron chi connectivity index (χ1n) is 9.08. The summed E-state index contributed by atoms with van der Waals surface area (Å²) in [7, 11) is 1.43. The number of anilines is 1. The lowest BCUT2D eigenvalue weighted by atomic mass is 10.1. The fraction of sp³-hybridized carbons (Fsp3) is 0.227. The number of benzene rings is 2. The monoisotopic (exact) mass is 432 g/mol. The maximum Gasteiger partial charge on any atom is 0.416 e. The van der Waals surface area contributed by atoms with Gasteiger partial charge < -0.3 is 14.4 Å². The van der Waals surface area contributed by atoms with E-state index in [2.05, 4.69) is 0 Å². The van der Waals surface area contributed by atoms with Crippen molar-refractivity contribution in [3.05, 3.63) is 65.7 Å². The van der Waals surface area contributed by atoms with E-state index >= 15 is 0 Å². The Bertz CT molecular complexity index is 997. The molecule has 0 saturated carbocycles. The Balaban J connectivity index is 2.04. The topological polar surface area (TPSA) is 79.6 Å². The normalized spacial score (nSPS) is 11.1. The van der Waals surface area contributed by atoms with E-state index in [-0.39, 0.29) is 18.5 Å². The van der Waals surface area contributed by atoms with E-state index in [1.165, 1.54) is 24.1 Å². The molecule has 2 rings (SSSR count). The predicted octanol–water partition coefficient (Wildman–Crippen LogP) is 4.22. The Morgan fingerprint density at radius 1 is 1.16 bits per heavy atom. The van der Waals surface area contributed by atoms with Crippen LogP contribution >= 0.6 is 0 Å². The summed E-state index contributed by atoms with van der Waals surface area (Å²) in [6.45, 7) is -0.553. The second-order valence-electron chi connectivity index (χ2n) is 6.19. The highest BCUT2D eigenvalue weighted by Gasteiger charge is 2.30. The largest absolute Gasteiger partial charge is 0.495 e. The maximum atomic E-state index is 12.7. The van der Waals surface area contributed by atoms with Gasteiger partial charge in [0.2, 0.25) is 0 Å². The zero-order valence-electron chi connectivity index (χ0n) is 16.6. The SMILES string of the molecule is COc1ccccc1N(CCC#N)C(=O)COC(=O)/C=C/c1cccc(C(F)(F)F)c1. The van der Waals surface area contributed by atoms with E-state index in [1.54, 1.807) is 24.3 Å². The van der Waals surface area contributed by atoms with Gasteiger partial charge in [0.15, 0.2) is 6.61 Å². The molecule has 0 aliphatic heterocycles. The van der Waals surface area contributed by atoms with Crippen LogP contribution in [0.3, 0.4) is 0 Å². The van der Waals surface area contributed by atoms with Gasteiger partial charge in [-0.2, -0.15) is 18.4 Å². The van der Waals surface area contributed by atoms with E-state index in [0.29, 0.717) is 11.4 Å². The molecule has 0 saturated heterocycles. The van der Waals surface area contributed by atoms with E-state index in [0.717, 1.165) is 24.3 Å². The number of nitriles is 1. The number of rotatable bonds is 8. The number of carbonyl (C=O) groups is 2. The number of esters is 1. The summed E-state index contributed by atoms with van der Waals surface area (Å²) >= 11 is 0. The van der Waals surface area contributed by atoms with E-state index in [1.807, 2.05) is 6.07 Å². The summed E-state index contributed by atoms with van der Waals surface area (Å²) in [5, 5.41) is 8.85. The molecule has 0 aromatic heterocycles. The van der Waals surface area contributed by atoms with Crippen molar-refractivity contribution in [3.8, 4) is 11.8 Å². The van der Waals surface area contributed by atoms with Crippen LogP contribution < -0.4 is 9.64 Å². The van der Waals surface area contributed by atoms with Gasteiger partial charge in [0.05, 0.1) is 30.9 Å². The predicted molar refractivity (Wildman–Crippen MR) is 107 cm³/mol. The highest BCUT2D eigenvalue weighted by molar-refractivity contribution is 5.97. The number of carbonyl (C=O) groups excluding carboxylic acids is 2. The lowest BCUT2D eigenvalue weighted by Gasteiger charge is -2.23. The van der Waals surface area contributed by atoms with Gasteiger partial charge in [0.1, 0.15) is 5.75 Å². The molecule has 0 bridgehead atoms. The van der Waals surface area contributed by atoms with Crippen molar-refractivity contribution in [1.82, 2.24) is 0 Å². The molecule has 0 aliphatic carbocycles. The van der Waals surface area contributed by atoms with Gasteiger partial charge in [-0.15, -0.1) is 0 Å². The summed E-state index contributed by atoms with van der Waals surface area (Å²) in [4.78, 5) is 25.8. The van der Waals surface area contributed by atoms with Gasteiger partial charge in [-0.25, -0.2) is 4.79 Å². The molecule has 0 heterocycles. The third-order valence-corrected chi connectivity index (χ3v) is 4.09. The van der Waals surface area contributed by atoms with Crippen molar-refractivity contribution >= 4 is 23.6 Å². The molecule has 31 heavy (non-hydrogen) atoms. The molecule has 0 N–H and O–H groups in total. The third-order valence-electron chi connectivity index (χ3n) is 4.09. The molecule has 0 atom stereocenters. The van der Waals surface area contributed by atoms with Gasteiger partial charge in [-0.05, 0) is 35.9 Å².